The molecule has 2 bridgehead atoms. The van der Waals surface area contributed by atoms with Crippen molar-refractivity contribution in [3.63, 3.8) is 0 Å². The van der Waals surface area contributed by atoms with Gasteiger partial charge in [0, 0.05) is 5.56 Å². The summed E-state index contributed by atoms with van der Waals surface area (Å²) in [7, 11) is 0. The molecule has 0 aliphatic heterocycles. The van der Waals surface area contributed by atoms with E-state index in [4.69, 9.17) is 4.74 Å². The molecule has 0 amide bonds. The van der Waals surface area contributed by atoms with Gasteiger partial charge in [-0.2, -0.15) is 0 Å². The summed E-state index contributed by atoms with van der Waals surface area (Å²) in [5.41, 5.74) is 2.35. The number of benzene rings is 1. The molecule has 4 unspecified atom stereocenters. The van der Waals surface area contributed by atoms with Crippen molar-refractivity contribution in [1.82, 2.24) is 0 Å². The van der Waals surface area contributed by atoms with Gasteiger partial charge in [0.05, 0.1) is 6.10 Å². The lowest BCUT2D eigenvalue weighted by atomic mass is 9.97. The van der Waals surface area contributed by atoms with Gasteiger partial charge in [-0.05, 0) is 62.0 Å². The molecule has 18 heavy (non-hydrogen) atoms. The average Bonchev–Trinajstić information content (AvgIpc) is 3.06. The Balaban J connectivity index is 1.59. The molecule has 2 heteroatoms. The highest BCUT2D eigenvalue weighted by atomic mass is 16.5. The summed E-state index contributed by atoms with van der Waals surface area (Å²) >= 11 is 0. The van der Waals surface area contributed by atoms with Crippen LogP contribution in [0.25, 0.3) is 0 Å². The molecular weight excluding hydrogens is 224 g/mol. The van der Waals surface area contributed by atoms with Crippen LogP contribution in [0.5, 0.6) is 5.75 Å². The van der Waals surface area contributed by atoms with E-state index in [1.165, 1.54) is 31.2 Å². The SMILES string of the molecule is OC1CCc2c(OC3CC4CCC3C4)cccc21. The van der Waals surface area contributed by atoms with Crippen LogP contribution in [0, 0.1) is 11.8 Å². The predicted molar refractivity (Wildman–Crippen MR) is 69.6 cm³/mol. The van der Waals surface area contributed by atoms with E-state index in [0.717, 1.165) is 36.0 Å². The van der Waals surface area contributed by atoms with Crippen LogP contribution in [0.3, 0.4) is 0 Å². The Labute approximate surface area is 108 Å². The minimum atomic E-state index is -0.274. The second-order valence-corrected chi connectivity index (χ2v) is 6.21. The normalized spacial score (nSPS) is 36.9. The number of aliphatic hydroxyl groups is 1. The maximum atomic E-state index is 9.92. The third kappa shape index (κ3) is 1.58. The number of fused-ring (bicyclic) bond motifs is 3. The summed E-state index contributed by atoms with van der Waals surface area (Å²) in [4.78, 5) is 0. The van der Waals surface area contributed by atoms with E-state index in [9.17, 15) is 5.11 Å². The first-order valence-electron chi connectivity index (χ1n) is 7.28. The zero-order valence-electron chi connectivity index (χ0n) is 10.6. The van der Waals surface area contributed by atoms with Crippen molar-refractivity contribution in [2.24, 2.45) is 11.8 Å². The van der Waals surface area contributed by atoms with Gasteiger partial charge in [0.25, 0.3) is 0 Å². The van der Waals surface area contributed by atoms with Crippen LogP contribution in [0.4, 0.5) is 0 Å². The van der Waals surface area contributed by atoms with Gasteiger partial charge in [0.2, 0.25) is 0 Å². The third-order valence-electron chi connectivity index (χ3n) is 5.15. The van der Waals surface area contributed by atoms with Crippen molar-refractivity contribution in [3.05, 3.63) is 29.3 Å². The van der Waals surface area contributed by atoms with Crippen LogP contribution < -0.4 is 4.74 Å². The maximum absolute atomic E-state index is 9.92. The highest BCUT2D eigenvalue weighted by Gasteiger charge is 2.41. The van der Waals surface area contributed by atoms with E-state index in [2.05, 4.69) is 6.07 Å². The molecule has 4 rings (SSSR count). The highest BCUT2D eigenvalue weighted by molar-refractivity contribution is 5.44. The van der Waals surface area contributed by atoms with Crippen molar-refractivity contribution in [2.75, 3.05) is 0 Å². The molecule has 0 heterocycles. The second-order valence-electron chi connectivity index (χ2n) is 6.21. The largest absolute Gasteiger partial charge is 0.490 e. The molecular formula is C16H20O2. The monoisotopic (exact) mass is 244 g/mol. The smallest absolute Gasteiger partial charge is 0.123 e. The Hall–Kier alpha value is -1.02. The van der Waals surface area contributed by atoms with Crippen molar-refractivity contribution >= 4 is 0 Å². The molecule has 0 aromatic heterocycles. The molecule has 3 aliphatic rings. The highest BCUT2D eigenvalue weighted by Crippen LogP contribution is 2.47. The van der Waals surface area contributed by atoms with Crippen molar-refractivity contribution < 1.29 is 9.84 Å². The summed E-state index contributed by atoms with van der Waals surface area (Å²) in [5.74, 6) is 2.75. The zero-order valence-corrected chi connectivity index (χ0v) is 10.6. The van der Waals surface area contributed by atoms with Crippen molar-refractivity contribution in [3.8, 4) is 5.75 Å². The summed E-state index contributed by atoms with van der Waals surface area (Å²) in [6, 6.07) is 6.15. The van der Waals surface area contributed by atoms with Gasteiger partial charge in [-0.1, -0.05) is 12.1 Å². The standard InChI is InChI=1S/C16H20O2/c17-14-7-6-13-12(14)2-1-3-15(13)18-16-9-10-4-5-11(16)8-10/h1-3,10-11,14,16-17H,4-9H2. The van der Waals surface area contributed by atoms with E-state index in [-0.39, 0.29) is 6.10 Å². The molecule has 2 saturated carbocycles. The molecule has 0 spiro atoms. The number of aliphatic hydroxyl groups excluding tert-OH is 1. The van der Waals surface area contributed by atoms with Crippen molar-refractivity contribution in [2.45, 2.75) is 50.7 Å². The lowest BCUT2D eigenvalue weighted by Crippen LogP contribution is -2.23. The Morgan fingerprint density at radius 3 is 2.83 bits per heavy atom. The van der Waals surface area contributed by atoms with Gasteiger partial charge in [0.1, 0.15) is 11.9 Å². The minimum absolute atomic E-state index is 0.274. The lowest BCUT2D eigenvalue weighted by Gasteiger charge is -2.24. The molecule has 1 aromatic rings. The molecule has 96 valence electrons. The quantitative estimate of drug-likeness (QED) is 0.865. The van der Waals surface area contributed by atoms with E-state index in [0.29, 0.717) is 6.10 Å². The van der Waals surface area contributed by atoms with Crippen LogP contribution in [0.2, 0.25) is 0 Å². The first-order chi connectivity index (χ1) is 8.81. The number of rotatable bonds is 2. The van der Waals surface area contributed by atoms with Crippen LogP contribution in [-0.4, -0.2) is 11.2 Å². The van der Waals surface area contributed by atoms with Crippen LogP contribution >= 0.6 is 0 Å². The summed E-state index contributed by atoms with van der Waals surface area (Å²) < 4.78 is 6.29. The fourth-order valence-corrected chi connectivity index (χ4v) is 4.20. The number of ether oxygens (including phenoxy) is 1. The molecule has 0 saturated heterocycles. The number of hydrogen-bond acceptors (Lipinski definition) is 2. The molecule has 1 N–H and O–H groups in total. The Morgan fingerprint density at radius 2 is 2.06 bits per heavy atom. The van der Waals surface area contributed by atoms with E-state index >= 15 is 0 Å². The molecule has 2 fully saturated rings. The minimum Gasteiger partial charge on any atom is -0.490 e. The molecule has 1 aromatic carbocycles. The van der Waals surface area contributed by atoms with Crippen LogP contribution in [0.1, 0.15) is 49.3 Å². The first-order valence-corrected chi connectivity index (χ1v) is 7.28. The van der Waals surface area contributed by atoms with Gasteiger partial charge in [0.15, 0.2) is 0 Å². The Morgan fingerprint density at radius 1 is 1.11 bits per heavy atom. The first kappa shape index (κ1) is 10.9. The van der Waals surface area contributed by atoms with Gasteiger partial charge >= 0.3 is 0 Å². The third-order valence-corrected chi connectivity index (χ3v) is 5.15. The fraction of sp³-hybridized carbons (Fsp3) is 0.625. The molecule has 3 aliphatic carbocycles. The molecule has 4 atom stereocenters. The lowest BCUT2D eigenvalue weighted by molar-refractivity contribution is 0.137. The summed E-state index contributed by atoms with van der Waals surface area (Å²) in [5, 5.41) is 9.92. The van der Waals surface area contributed by atoms with Gasteiger partial charge in [-0.25, -0.2) is 0 Å². The zero-order chi connectivity index (χ0) is 12.1. The van der Waals surface area contributed by atoms with E-state index < -0.39 is 0 Å². The van der Waals surface area contributed by atoms with Gasteiger partial charge < -0.3 is 9.84 Å². The van der Waals surface area contributed by atoms with E-state index in [1.807, 2.05) is 12.1 Å². The Bertz CT molecular complexity index is 468. The van der Waals surface area contributed by atoms with Crippen LogP contribution in [0.15, 0.2) is 18.2 Å². The topological polar surface area (TPSA) is 29.5 Å². The Kier molecular flexibility index (Phi) is 2.41. The van der Waals surface area contributed by atoms with Crippen LogP contribution in [-0.2, 0) is 6.42 Å². The molecule has 0 radical (unpaired) electrons. The van der Waals surface area contributed by atoms with Crippen molar-refractivity contribution in [1.29, 1.82) is 0 Å². The average molecular weight is 244 g/mol. The summed E-state index contributed by atoms with van der Waals surface area (Å²) in [6.45, 7) is 0. The summed E-state index contributed by atoms with van der Waals surface area (Å²) in [6.07, 6.45) is 7.37. The van der Waals surface area contributed by atoms with E-state index in [1.54, 1.807) is 0 Å². The number of hydrogen-bond donors (Lipinski definition) is 1. The maximum Gasteiger partial charge on any atom is 0.123 e. The predicted octanol–water partition coefficient (Wildman–Crippen LogP) is 3.23. The fourth-order valence-electron chi connectivity index (χ4n) is 4.20. The second kappa shape index (κ2) is 3.99. The van der Waals surface area contributed by atoms with Gasteiger partial charge in [-0.3, -0.25) is 0 Å². The molecule has 2 nitrogen and oxygen atoms in total. The van der Waals surface area contributed by atoms with Gasteiger partial charge in [-0.15, -0.1) is 0 Å².